The molecule has 4 heteroatoms. The Kier molecular flexibility index (Phi) is 16.3. The van der Waals surface area contributed by atoms with E-state index in [1.165, 1.54) is 69.8 Å². The monoisotopic (exact) mass is 618 g/mol. The normalized spacial score (nSPS) is 15.0. The van der Waals surface area contributed by atoms with Gasteiger partial charge in [0.05, 0.1) is 0 Å². The van der Waals surface area contributed by atoms with E-state index in [1.54, 1.807) is 0 Å². The third kappa shape index (κ3) is 14.5. The number of hydrogen-bond acceptors (Lipinski definition) is 4. The van der Waals surface area contributed by atoms with Gasteiger partial charge in [0.15, 0.2) is 0 Å². The number of nitrogens with zero attached hydrogens (tertiary/aromatic N) is 4. The third-order valence-corrected chi connectivity index (χ3v) is 8.60. The Balaban J connectivity index is 0.000000202. The molecule has 0 atom stereocenters. The van der Waals surface area contributed by atoms with Crippen molar-refractivity contribution >= 4 is 10.8 Å². The second kappa shape index (κ2) is 19.6. The van der Waals surface area contributed by atoms with E-state index >= 15 is 0 Å². The molecular formula is C42H58N4. The minimum absolute atomic E-state index is 0.829. The standard InChI is InChI=1S/C12H12.C10H14.C8H16.2C6H8N2/c1-9-3-5-12-8-10(2)4-6-11(12)7-9;1-7-5-6-8(2)10(4)9(7)3;1-7-3-5-8(2)6-4-7;2*1-5-3-7-6(2)8-4-5/h3-8H,1-2H3;5-6H,1-4H3;7-8H,3-6H2,1-2H3;2*3-4H,1-2H3. The minimum Gasteiger partial charge on any atom is -0.241 e. The Morgan fingerprint density at radius 3 is 1.00 bits per heavy atom. The van der Waals surface area contributed by atoms with Gasteiger partial charge in [-0.25, -0.2) is 19.9 Å². The molecule has 2 aromatic heterocycles. The van der Waals surface area contributed by atoms with Gasteiger partial charge in [-0.15, -0.1) is 0 Å². The van der Waals surface area contributed by atoms with Gasteiger partial charge in [-0.1, -0.05) is 99.2 Å². The zero-order valence-electron chi connectivity index (χ0n) is 30.7. The highest BCUT2D eigenvalue weighted by Crippen LogP contribution is 2.27. The predicted molar refractivity (Wildman–Crippen MR) is 199 cm³/mol. The van der Waals surface area contributed by atoms with Gasteiger partial charge >= 0.3 is 0 Å². The maximum Gasteiger partial charge on any atom is 0.125 e. The number of rotatable bonds is 0. The minimum atomic E-state index is 0.829. The van der Waals surface area contributed by atoms with Gasteiger partial charge in [0.1, 0.15) is 11.6 Å². The number of benzene rings is 3. The molecule has 5 aromatic rings. The first-order valence-corrected chi connectivity index (χ1v) is 16.8. The summed E-state index contributed by atoms with van der Waals surface area (Å²) in [7, 11) is 0. The molecule has 0 bridgehead atoms. The largest absolute Gasteiger partial charge is 0.241 e. The Morgan fingerprint density at radius 2 is 0.717 bits per heavy atom. The van der Waals surface area contributed by atoms with Crippen LogP contribution in [0.3, 0.4) is 0 Å². The summed E-state index contributed by atoms with van der Waals surface area (Å²) < 4.78 is 0. The Hall–Kier alpha value is -3.92. The first kappa shape index (κ1) is 38.3. The summed E-state index contributed by atoms with van der Waals surface area (Å²) in [5.41, 5.74) is 10.5. The van der Waals surface area contributed by atoms with Crippen LogP contribution in [0.5, 0.6) is 0 Å². The molecule has 2 heterocycles. The van der Waals surface area contributed by atoms with Crippen molar-refractivity contribution in [2.24, 2.45) is 11.8 Å². The van der Waals surface area contributed by atoms with E-state index in [4.69, 9.17) is 0 Å². The smallest absolute Gasteiger partial charge is 0.125 e. The van der Waals surface area contributed by atoms with Crippen molar-refractivity contribution in [2.75, 3.05) is 0 Å². The number of fused-ring (bicyclic) bond motifs is 1. The maximum atomic E-state index is 3.97. The molecule has 246 valence electrons. The van der Waals surface area contributed by atoms with E-state index in [-0.39, 0.29) is 0 Å². The summed E-state index contributed by atoms with van der Waals surface area (Å²) in [6.07, 6.45) is 13.1. The summed E-state index contributed by atoms with van der Waals surface area (Å²) in [6, 6.07) is 17.5. The number of aromatic nitrogens is 4. The van der Waals surface area contributed by atoms with Gasteiger partial charge in [-0.2, -0.15) is 0 Å². The first-order chi connectivity index (χ1) is 21.7. The van der Waals surface area contributed by atoms with Crippen LogP contribution in [0.2, 0.25) is 0 Å². The van der Waals surface area contributed by atoms with Gasteiger partial charge in [-0.05, 0) is 125 Å². The van der Waals surface area contributed by atoms with Crippen molar-refractivity contribution in [3.63, 3.8) is 0 Å². The van der Waals surface area contributed by atoms with Crippen molar-refractivity contribution in [1.29, 1.82) is 0 Å². The van der Waals surface area contributed by atoms with Crippen LogP contribution in [0.25, 0.3) is 10.8 Å². The lowest BCUT2D eigenvalue weighted by Crippen LogP contribution is -2.08. The van der Waals surface area contributed by atoms with E-state index in [1.807, 2.05) is 52.5 Å². The molecule has 1 aliphatic rings. The van der Waals surface area contributed by atoms with Crippen molar-refractivity contribution < 1.29 is 0 Å². The molecule has 6 rings (SSSR count). The van der Waals surface area contributed by atoms with E-state index < -0.39 is 0 Å². The van der Waals surface area contributed by atoms with Crippen LogP contribution in [0.4, 0.5) is 0 Å². The summed E-state index contributed by atoms with van der Waals surface area (Å²) in [5, 5.41) is 2.67. The third-order valence-electron chi connectivity index (χ3n) is 8.60. The lowest BCUT2D eigenvalue weighted by molar-refractivity contribution is 0.308. The number of hydrogen-bond donors (Lipinski definition) is 0. The molecular weight excluding hydrogens is 560 g/mol. The van der Waals surface area contributed by atoms with Gasteiger partial charge in [-0.3, -0.25) is 0 Å². The van der Waals surface area contributed by atoms with Crippen LogP contribution in [0.15, 0.2) is 73.3 Å². The average Bonchev–Trinajstić information content (AvgIpc) is 3.04. The SMILES string of the molecule is CC1CCC(C)CC1.Cc1ccc(C)c(C)c1C.Cc1ccc2cc(C)ccc2c1.Cc1cnc(C)nc1.Cc1cnc(C)nc1. The molecule has 0 aliphatic heterocycles. The van der Waals surface area contributed by atoms with Crippen LogP contribution >= 0.6 is 0 Å². The molecule has 0 unspecified atom stereocenters. The zero-order chi connectivity index (χ0) is 34.2. The second-order valence-corrected chi connectivity index (χ2v) is 13.3. The summed E-state index contributed by atoms with van der Waals surface area (Å²) in [5.74, 6) is 3.70. The maximum absolute atomic E-state index is 3.97. The molecule has 4 nitrogen and oxygen atoms in total. The van der Waals surface area contributed by atoms with Crippen molar-refractivity contribution in [1.82, 2.24) is 19.9 Å². The number of aryl methyl sites for hydroxylation is 8. The van der Waals surface area contributed by atoms with E-state index in [0.717, 1.165) is 34.6 Å². The summed E-state index contributed by atoms with van der Waals surface area (Å²) in [6.45, 7) is 25.3. The topological polar surface area (TPSA) is 51.6 Å². The van der Waals surface area contributed by atoms with Crippen LogP contribution in [0.1, 0.15) is 95.7 Å². The van der Waals surface area contributed by atoms with Crippen LogP contribution < -0.4 is 0 Å². The molecule has 0 spiro atoms. The van der Waals surface area contributed by atoms with Crippen LogP contribution in [0, 0.1) is 81.1 Å². The van der Waals surface area contributed by atoms with E-state index in [0.29, 0.717) is 0 Å². The van der Waals surface area contributed by atoms with Crippen LogP contribution in [-0.4, -0.2) is 19.9 Å². The lowest BCUT2D eigenvalue weighted by atomic mass is 9.84. The molecule has 0 saturated heterocycles. The molecule has 1 saturated carbocycles. The highest BCUT2D eigenvalue weighted by Gasteiger charge is 2.13. The van der Waals surface area contributed by atoms with Gasteiger partial charge in [0.2, 0.25) is 0 Å². The quantitative estimate of drug-likeness (QED) is 0.173. The fraction of sp³-hybridized carbons (Fsp3) is 0.429. The van der Waals surface area contributed by atoms with E-state index in [2.05, 4.69) is 124 Å². The van der Waals surface area contributed by atoms with Crippen molar-refractivity contribution in [2.45, 2.75) is 109 Å². The highest BCUT2D eigenvalue weighted by atomic mass is 14.8. The molecule has 1 fully saturated rings. The fourth-order valence-electron chi connectivity index (χ4n) is 4.92. The average molecular weight is 619 g/mol. The van der Waals surface area contributed by atoms with E-state index in [9.17, 15) is 0 Å². The van der Waals surface area contributed by atoms with Gasteiger partial charge < -0.3 is 0 Å². The zero-order valence-corrected chi connectivity index (χ0v) is 30.7. The molecule has 0 amide bonds. The molecule has 46 heavy (non-hydrogen) atoms. The van der Waals surface area contributed by atoms with Crippen LogP contribution in [-0.2, 0) is 0 Å². The van der Waals surface area contributed by atoms with Gasteiger partial charge in [0.25, 0.3) is 0 Å². The molecule has 0 radical (unpaired) electrons. The summed E-state index contributed by atoms with van der Waals surface area (Å²) in [4.78, 5) is 15.9. The Bertz CT molecular complexity index is 1430. The predicted octanol–water partition coefficient (Wildman–Crippen LogP) is 11.4. The first-order valence-electron chi connectivity index (χ1n) is 16.8. The highest BCUT2D eigenvalue weighted by molar-refractivity contribution is 5.83. The van der Waals surface area contributed by atoms with Crippen molar-refractivity contribution in [3.05, 3.63) is 129 Å². The lowest BCUT2D eigenvalue weighted by Gasteiger charge is -2.22. The molecule has 1 aliphatic carbocycles. The second-order valence-electron chi connectivity index (χ2n) is 13.3. The van der Waals surface area contributed by atoms with Crippen molar-refractivity contribution in [3.8, 4) is 0 Å². The fourth-order valence-corrected chi connectivity index (χ4v) is 4.92. The van der Waals surface area contributed by atoms with Gasteiger partial charge in [0, 0.05) is 24.8 Å². The molecule has 3 aromatic carbocycles. The Morgan fingerprint density at radius 1 is 0.413 bits per heavy atom. The molecule has 0 N–H and O–H groups in total. The summed E-state index contributed by atoms with van der Waals surface area (Å²) >= 11 is 0. The Labute approximate surface area is 280 Å².